The van der Waals surface area contributed by atoms with Gasteiger partial charge < -0.3 is 14.6 Å². The van der Waals surface area contributed by atoms with Crippen LogP contribution in [0.15, 0.2) is 30.7 Å². The predicted octanol–water partition coefficient (Wildman–Crippen LogP) is 4.03. The Kier molecular flexibility index (Phi) is 5.51. The third-order valence-electron chi connectivity index (χ3n) is 5.73. The lowest BCUT2D eigenvalue weighted by Crippen LogP contribution is -2.78. The molecule has 1 amide bonds. The molecule has 168 valence electrons. The van der Waals surface area contributed by atoms with Gasteiger partial charge in [-0.05, 0) is 38.3 Å². The summed E-state index contributed by atoms with van der Waals surface area (Å²) in [6.07, 6.45) is 0.0795. The lowest BCUT2D eigenvalue weighted by Gasteiger charge is -2.70. The van der Waals surface area contributed by atoms with Gasteiger partial charge >= 0.3 is 6.36 Å². The van der Waals surface area contributed by atoms with Crippen molar-refractivity contribution in [2.24, 2.45) is 0 Å². The van der Waals surface area contributed by atoms with E-state index in [4.69, 9.17) is 16.3 Å². The largest absolute Gasteiger partial charge is 0.522 e. The number of rotatable bonds is 8. The number of benzene rings is 1. The summed E-state index contributed by atoms with van der Waals surface area (Å²) in [6, 6.07) is 4.51. The van der Waals surface area contributed by atoms with Crippen LogP contribution < -0.4 is 5.32 Å². The van der Waals surface area contributed by atoms with E-state index < -0.39 is 24.9 Å². The van der Waals surface area contributed by atoms with Gasteiger partial charge in [0.1, 0.15) is 12.4 Å². The molecule has 1 unspecified atom stereocenters. The number of nitrogens with zero attached hydrogens (tertiary/aromatic N) is 2. The van der Waals surface area contributed by atoms with E-state index >= 15 is 0 Å². The number of carbonyl (C=O) groups excluding carboxylic acids is 1. The number of nitrogens with one attached hydrogen (secondary N) is 1. The fraction of sp³-hybridized carbons (Fsp3) is 0.500. The number of aromatic nitrogens is 2. The zero-order valence-corrected chi connectivity index (χ0v) is 17.3. The maximum atomic E-state index is 13.7. The average Bonchev–Trinajstić information content (AvgIpc) is 3.11. The Morgan fingerprint density at radius 3 is 2.71 bits per heavy atom. The van der Waals surface area contributed by atoms with Crippen molar-refractivity contribution in [3.63, 3.8) is 0 Å². The summed E-state index contributed by atoms with van der Waals surface area (Å²) < 4.78 is 60.5. The van der Waals surface area contributed by atoms with Crippen LogP contribution in [0.1, 0.15) is 26.2 Å². The molecule has 3 aliphatic rings. The van der Waals surface area contributed by atoms with E-state index in [1.807, 2.05) is 10.8 Å². The van der Waals surface area contributed by atoms with Crippen LogP contribution in [0.4, 0.5) is 17.6 Å². The summed E-state index contributed by atoms with van der Waals surface area (Å²) >= 11 is 5.72. The summed E-state index contributed by atoms with van der Waals surface area (Å²) in [4.78, 5) is 16.5. The van der Waals surface area contributed by atoms with Crippen molar-refractivity contribution in [1.82, 2.24) is 14.9 Å². The quantitative estimate of drug-likeness (QED) is 0.603. The molecule has 3 aliphatic carbocycles. The van der Waals surface area contributed by atoms with E-state index in [2.05, 4.69) is 15.0 Å². The topological polar surface area (TPSA) is 65.4 Å². The van der Waals surface area contributed by atoms with Crippen LogP contribution in [0, 0.1) is 5.82 Å². The van der Waals surface area contributed by atoms with Crippen LogP contribution >= 0.6 is 11.6 Å². The van der Waals surface area contributed by atoms with Gasteiger partial charge in [0.2, 0.25) is 5.91 Å². The van der Waals surface area contributed by atoms with E-state index in [0.29, 0.717) is 30.5 Å². The van der Waals surface area contributed by atoms with Crippen LogP contribution in [0.25, 0.3) is 11.3 Å². The van der Waals surface area contributed by atoms with Crippen molar-refractivity contribution < 1.29 is 31.8 Å². The van der Waals surface area contributed by atoms with Crippen molar-refractivity contribution in [1.29, 1.82) is 0 Å². The first-order chi connectivity index (χ1) is 14.5. The molecule has 1 N–H and O–H groups in total. The Hall–Kier alpha value is -2.17. The molecule has 0 saturated heterocycles. The van der Waals surface area contributed by atoms with Gasteiger partial charge in [0, 0.05) is 17.3 Å². The lowest BCUT2D eigenvalue weighted by molar-refractivity contribution is -0.330. The van der Waals surface area contributed by atoms with E-state index in [-0.39, 0.29) is 28.6 Å². The van der Waals surface area contributed by atoms with Crippen LogP contribution in [-0.4, -0.2) is 46.7 Å². The highest BCUT2D eigenvalue weighted by atomic mass is 35.5. The zero-order chi connectivity index (χ0) is 22.4. The van der Waals surface area contributed by atoms with E-state index in [1.165, 1.54) is 19.1 Å². The highest BCUT2D eigenvalue weighted by Crippen LogP contribution is 2.65. The summed E-state index contributed by atoms with van der Waals surface area (Å²) in [5.41, 5.74) is 0.777. The van der Waals surface area contributed by atoms with Crippen LogP contribution in [0.2, 0.25) is 5.02 Å². The standard InChI is InChI=1S/C20H20ClF4N3O3/c1-12(6-31-20(23,24)25)30-7-17(29)27-18-8-19(9-18,10-18)28-5-16(26-11-28)13-2-3-14(21)15(22)4-13/h2-5,11-12H,6-10H2,1H3,(H,27,29). The molecule has 11 heteroatoms. The maximum absolute atomic E-state index is 13.7. The lowest BCUT2D eigenvalue weighted by atomic mass is 9.44. The van der Waals surface area contributed by atoms with Crippen molar-refractivity contribution in [3.05, 3.63) is 41.6 Å². The SMILES string of the molecule is CC(COC(F)(F)F)OCC(=O)NC12CC(n3cnc(-c4ccc(Cl)c(F)c4)c3)(C1)C2. The van der Waals surface area contributed by atoms with Gasteiger partial charge in [-0.2, -0.15) is 0 Å². The second kappa shape index (κ2) is 7.75. The first kappa shape index (κ1) is 22.0. The molecule has 3 saturated carbocycles. The number of alkyl halides is 3. The average molecular weight is 462 g/mol. The summed E-state index contributed by atoms with van der Waals surface area (Å²) in [7, 11) is 0. The molecule has 1 atom stereocenters. The molecule has 1 heterocycles. The number of hydrogen-bond donors (Lipinski definition) is 1. The minimum Gasteiger partial charge on any atom is -0.366 e. The third-order valence-corrected chi connectivity index (χ3v) is 6.04. The molecule has 31 heavy (non-hydrogen) atoms. The molecule has 0 spiro atoms. The van der Waals surface area contributed by atoms with Crippen molar-refractivity contribution in [2.75, 3.05) is 13.2 Å². The van der Waals surface area contributed by atoms with E-state index in [1.54, 1.807) is 12.4 Å². The van der Waals surface area contributed by atoms with E-state index in [9.17, 15) is 22.4 Å². The van der Waals surface area contributed by atoms with Crippen molar-refractivity contribution in [3.8, 4) is 11.3 Å². The highest BCUT2D eigenvalue weighted by Gasteiger charge is 2.69. The first-order valence-corrected chi connectivity index (χ1v) is 10.0. The summed E-state index contributed by atoms with van der Waals surface area (Å²) in [6.45, 7) is 0.387. The normalized spacial score (nSPS) is 25.5. The molecule has 2 bridgehead atoms. The van der Waals surface area contributed by atoms with Gasteiger partial charge in [0.15, 0.2) is 0 Å². The van der Waals surface area contributed by atoms with Crippen molar-refractivity contribution in [2.45, 2.75) is 49.7 Å². The Morgan fingerprint density at radius 1 is 1.35 bits per heavy atom. The molecule has 6 nitrogen and oxygen atoms in total. The fourth-order valence-corrected chi connectivity index (χ4v) is 4.45. The number of amides is 1. The number of imidazole rings is 1. The first-order valence-electron chi connectivity index (χ1n) is 9.63. The van der Waals surface area contributed by atoms with E-state index in [0.717, 1.165) is 0 Å². The van der Waals surface area contributed by atoms with Gasteiger partial charge in [-0.15, -0.1) is 13.2 Å². The smallest absolute Gasteiger partial charge is 0.366 e. The van der Waals surface area contributed by atoms with Crippen LogP contribution in [0.5, 0.6) is 0 Å². The Morgan fingerprint density at radius 2 is 2.06 bits per heavy atom. The van der Waals surface area contributed by atoms with Crippen LogP contribution in [0.3, 0.4) is 0 Å². The monoisotopic (exact) mass is 461 g/mol. The van der Waals surface area contributed by atoms with Gasteiger partial charge in [0.25, 0.3) is 0 Å². The molecular formula is C20H20ClF4N3O3. The molecule has 1 aromatic heterocycles. The summed E-state index contributed by atoms with van der Waals surface area (Å²) in [5.74, 6) is -0.891. The second-order valence-corrected chi connectivity index (χ2v) is 8.66. The molecule has 3 fully saturated rings. The molecule has 2 aromatic rings. The third kappa shape index (κ3) is 4.56. The van der Waals surface area contributed by atoms with Gasteiger partial charge in [-0.3, -0.25) is 9.53 Å². The summed E-state index contributed by atoms with van der Waals surface area (Å²) in [5, 5.41) is 2.96. The molecular weight excluding hydrogens is 442 g/mol. The zero-order valence-electron chi connectivity index (χ0n) is 16.5. The number of carbonyl (C=O) groups is 1. The number of ether oxygens (including phenoxy) is 2. The second-order valence-electron chi connectivity index (χ2n) is 8.26. The fourth-order valence-electron chi connectivity index (χ4n) is 4.34. The van der Waals surface area contributed by atoms with Gasteiger partial charge in [-0.1, -0.05) is 17.7 Å². The maximum Gasteiger partial charge on any atom is 0.522 e. The van der Waals surface area contributed by atoms with Gasteiger partial charge in [0.05, 0.1) is 35.3 Å². The molecule has 5 rings (SSSR count). The van der Waals surface area contributed by atoms with Crippen LogP contribution in [-0.2, 0) is 19.8 Å². The van der Waals surface area contributed by atoms with Crippen molar-refractivity contribution >= 4 is 17.5 Å². The molecule has 1 aromatic carbocycles. The highest BCUT2D eigenvalue weighted by molar-refractivity contribution is 6.30. The Balaban J connectivity index is 1.26. The Labute approximate surface area is 180 Å². The number of halogens is 5. The minimum atomic E-state index is -4.73. The van der Waals surface area contributed by atoms with Gasteiger partial charge in [-0.25, -0.2) is 9.37 Å². The molecule has 0 radical (unpaired) electrons. The predicted molar refractivity (Wildman–Crippen MR) is 103 cm³/mol. The Bertz CT molecular complexity index is 975. The number of hydrogen-bond acceptors (Lipinski definition) is 4. The minimum absolute atomic E-state index is 0.0477. The molecule has 0 aliphatic heterocycles.